The molecule has 2 N–H and O–H groups in total. The molecule has 0 saturated heterocycles. The maximum Gasteiger partial charge on any atom is 0.0595 e. The fourth-order valence-corrected chi connectivity index (χ4v) is 2.59. The fraction of sp³-hybridized carbons (Fsp3) is 0.143. The molecule has 0 aliphatic rings. The van der Waals surface area contributed by atoms with E-state index in [0.717, 1.165) is 11.1 Å². The zero-order valence-corrected chi connectivity index (χ0v) is 12.9. The Morgan fingerprint density at radius 1 is 0.842 bits per heavy atom. The summed E-state index contributed by atoms with van der Waals surface area (Å²) >= 11 is 23.9. The van der Waals surface area contributed by atoms with Crippen LogP contribution in [0.4, 0.5) is 0 Å². The predicted molar refractivity (Wildman–Crippen MR) is 83.6 cm³/mol. The Hall–Kier alpha value is -0.440. The van der Waals surface area contributed by atoms with Crippen LogP contribution in [0, 0.1) is 0 Å². The van der Waals surface area contributed by atoms with Gasteiger partial charge in [0.2, 0.25) is 0 Å². The van der Waals surface area contributed by atoms with Gasteiger partial charge in [0.15, 0.2) is 0 Å². The van der Waals surface area contributed by atoms with Crippen LogP contribution in [0.25, 0.3) is 0 Å². The van der Waals surface area contributed by atoms with Crippen LogP contribution in [0.1, 0.15) is 17.2 Å². The zero-order chi connectivity index (χ0) is 14.0. The summed E-state index contributed by atoms with van der Waals surface area (Å²) in [6, 6.07) is 10.5. The van der Waals surface area contributed by atoms with Crippen LogP contribution < -0.4 is 5.73 Å². The summed E-state index contributed by atoms with van der Waals surface area (Å²) in [5.74, 6) is 0. The summed E-state index contributed by atoms with van der Waals surface area (Å²) in [6.45, 7) is 0. The first-order valence-corrected chi connectivity index (χ1v) is 7.13. The molecule has 0 fully saturated rings. The molecule has 19 heavy (non-hydrogen) atoms. The van der Waals surface area contributed by atoms with Crippen molar-refractivity contribution in [2.24, 2.45) is 5.73 Å². The first kappa shape index (κ1) is 15.0. The number of benzene rings is 2. The van der Waals surface area contributed by atoms with Crippen molar-refractivity contribution in [1.82, 2.24) is 0 Å². The lowest BCUT2D eigenvalue weighted by Crippen LogP contribution is -2.14. The van der Waals surface area contributed by atoms with Crippen molar-refractivity contribution >= 4 is 46.4 Å². The van der Waals surface area contributed by atoms with E-state index < -0.39 is 0 Å². The van der Waals surface area contributed by atoms with E-state index in [-0.39, 0.29) is 6.04 Å². The zero-order valence-electron chi connectivity index (χ0n) is 9.84. The number of hydrogen-bond acceptors (Lipinski definition) is 1. The average Bonchev–Trinajstić information content (AvgIpc) is 2.36. The summed E-state index contributed by atoms with van der Waals surface area (Å²) in [5.41, 5.74) is 7.98. The second kappa shape index (κ2) is 6.34. The molecular formula is C14H11Cl4N. The first-order chi connectivity index (χ1) is 8.97. The van der Waals surface area contributed by atoms with Gasteiger partial charge >= 0.3 is 0 Å². The third kappa shape index (κ3) is 3.77. The third-order valence-electron chi connectivity index (χ3n) is 2.80. The topological polar surface area (TPSA) is 26.0 Å². The summed E-state index contributed by atoms with van der Waals surface area (Å²) < 4.78 is 0. The highest BCUT2D eigenvalue weighted by molar-refractivity contribution is 6.42. The van der Waals surface area contributed by atoms with Crippen molar-refractivity contribution in [2.75, 3.05) is 0 Å². The minimum Gasteiger partial charge on any atom is -0.324 e. The van der Waals surface area contributed by atoms with Crippen LogP contribution in [0.3, 0.4) is 0 Å². The summed E-state index contributed by atoms with van der Waals surface area (Å²) in [4.78, 5) is 0. The number of hydrogen-bond donors (Lipinski definition) is 1. The van der Waals surface area contributed by atoms with Crippen molar-refractivity contribution in [3.8, 4) is 0 Å². The van der Waals surface area contributed by atoms with E-state index in [1.165, 1.54) is 0 Å². The number of nitrogens with two attached hydrogens (primary N) is 1. The molecule has 0 aliphatic heterocycles. The Morgan fingerprint density at radius 2 is 1.53 bits per heavy atom. The molecule has 1 nitrogen and oxygen atoms in total. The average molecular weight is 335 g/mol. The van der Waals surface area contributed by atoms with Crippen LogP contribution in [0.5, 0.6) is 0 Å². The number of halogens is 4. The van der Waals surface area contributed by atoms with E-state index in [4.69, 9.17) is 52.1 Å². The molecule has 2 aromatic rings. The summed E-state index contributed by atoms with van der Waals surface area (Å²) in [5, 5.41) is 2.27. The molecule has 1 atom stereocenters. The van der Waals surface area contributed by atoms with Gasteiger partial charge < -0.3 is 5.73 Å². The Balaban J connectivity index is 2.22. The molecule has 5 heteroatoms. The summed E-state index contributed by atoms with van der Waals surface area (Å²) in [6.07, 6.45) is 0.608. The van der Waals surface area contributed by atoms with E-state index in [1.807, 2.05) is 12.1 Å². The summed E-state index contributed by atoms with van der Waals surface area (Å²) in [7, 11) is 0. The molecule has 0 aliphatic carbocycles. The van der Waals surface area contributed by atoms with Gasteiger partial charge in [-0.15, -0.1) is 0 Å². The molecule has 0 aromatic heterocycles. The van der Waals surface area contributed by atoms with E-state index >= 15 is 0 Å². The van der Waals surface area contributed by atoms with Crippen molar-refractivity contribution in [1.29, 1.82) is 0 Å². The van der Waals surface area contributed by atoms with Crippen LogP contribution >= 0.6 is 46.4 Å². The molecule has 2 aromatic carbocycles. The van der Waals surface area contributed by atoms with Gasteiger partial charge in [-0.3, -0.25) is 0 Å². The Labute approximate surface area is 132 Å². The monoisotopic (exact) mass is 333 g/mol. The van der Waals surface area contributed by atoms with Crippen molar-refractivity contribution in [3.05, 3.63) is 67.6 Å². The quantitative estimate of drug-likeness (QED) is 0.783. The van der Waals surface area contributed by atoms with Gasteiger partial charge in [-0.2, -0.15) is 0 Å². The highest BCUT2D eigenvalue weighted by Crippen LogP contribution is 2.29. The van der Waals surface area contributed by atoms with Gasteiger partial charge in [-0.25, -0.2) is 0 Å². The van der Waals surface area contributed by atoms with Crippen molar-refractivity contribution < 1.29 is 0 Å². The fourth-order valence-electron chi connectivity index (χ4n) is 1.83. The van der Waals surface area contributed by atoms with Crippen LogP contribution in [-0.2, 0) is 6.42 Å². The molecule has 0 radical (unpaired) electrons. The second-order valence-electron chi connectivity index (χ2n) is 4.22. The third-order valence-corrected chi connectivity index (χ3v) is 4.12. The Bertz CT molecular complexity index is 598. The number of rotatable bonds is 3. The highest BCUT2D eigenvalue weighted by atomic mass is 35.5. The normalized spacial score (nSPS) is 12.5. The molecule has 0 bridgehead atoms. The standard InChI is InChI=1S/C14H11Cl4N/c15-9-2-4-11(16)10(7-9)14(19)6-8-1-3-12(17)13(18)5-8/h1-5,7,14H,6,19H2. The van der Waals surface area contributed by atoms with Gasteiger partial charge in [-0.1, -0.05) is 52.5 Å². The van der Waals surface area contributed by atoms with Crippen molar-refractivity contribution in [2.45, 2.75) is 12.5 Å². The van der Waals surface area contributed by atoms with Gasteiger partial charge in [0, 0.05) is 16.1 Å². The van der Waals surface area contributed by atoms with Crippen LogP contribution in [-0.4, -0.2) is 0 Å². The largest absolute Gasteiger partial charge is 0.324 e. The Kier molecular flexibility index (Phi) is 4.99. The van der Waals surface area contributed by atoms with Crippen LogP contribution in [0.15, 0.2) is 36.4 Å². The minimum atomic E-state index is -0.247. The lowest BCUT2D eigenvalue weighted by Gasteiger charge is -2.14. The molecule has 1 unspecified atom stereocenters. The SMILES string of the molecule is NC(Cc1ccc(Cl)c(Cl)c1)c1cc(Cl)ccc1Cl. The van der Waals surface area contributed by atoms with Gasteiger partial charge in [-0.05, 0) is 47.9 Å². The molecule has 0 saturated carbocycles. The molecule has 0 amide bonds. The molecule has 100 valence electrons. The lowest BCUT2D eigenvalue weighted by atomic mass is 10.00. The first-order valence-electron chi connectivity index (χ1n) is 5.62. The van der Waals surface area contributed by atoms with E-state index in [9.17, 15) is 0 Å². The van der Waals surface area contributed by atoms with Crippen LogP contribution in [0.2, 0.25) is 20.1 Å². The van der Waals surface area contributed by atoms with E-state index in [1.54, 1.807) is 24.3 Å². The van der Waals surface area contributed by atoms with Gasteiger partial charge in [0.1, 0.15) is 0 Å². The Morgan fingerprint density at radius 3 is 2.21 bits per heavy atom. The highest BCUT2D eigenvalue weighted by Gasteiger charge is 2.12. The molecular weight excluding hydrogens is 324 g/mol. The minimum absolute atomic E-state index is 0.247. The lowest BCUT2D eigenvalue weighted by molar-refractivity contribution is 0.722. The van der Waals surface area contributed by atoms with E-state index in [2.05, 4.69) is 0 Å². The van der Waals surface area contributed by atoms with Gasteiger partial charge in [0.05, 0.1) is 10.0 Å². The molecule has 0 spiro atoms. The van der Waals surface area contributed by atoms with Crippen molar-refractivity contribution in [3.63, 3.8) is 0 Å². The second-order valence-corrected chi connectivity index (χ2v) is 5.88. The predicted octanol–water partition coefficient (Wildman–Crippen LogP) is 5.54. The maximum atomic E-state index is 6.17. The molecule has 2 rings (SSSR count). The van der Waals surface area contributed by atoms with Gasteiger partial charge in [0.25, 0.3) is 0 Å². The maximum absolute atomic E-state index is 6.17. The molecule has 0 heterocycles. The smallest absolute Gasteiger partial charge is 0.0595 e. The van der Waals surface area contributed by atoms with E-state index in [0.29, 0.717) is 26.5 Å².